The van der Waals surface area contributed by atoms with Gasteiger partial charge in [0, 0.05) is 54.1 Å². The lowest BCUT2D eigenvalue weighted by molar-refractivity contribution is 0.101. The second-order valence-electron chi connectivity index (χ2n) is 12.7. The Bertz CT molecular complexity index is 2140. The van der Waals surface area contributed by atoms with Crippen LogP contribution in [0.2, 0.25) is 5.15 Å². The van der Waals surface area contributed by atoms with Crippen molar-refractivity contribution in [2.24, 2.45) is 0 Å². The Kier molecular flexibility index (Phi) is 8.34. The molecule has 14 heteroatoms. The van der Waals surface area contributed by atoms with Gasteiger partial charge in [0.2, 0.25) is 0 Å². The summed E-state index contributed by atoms with van der Waals surface area (Å²) in [5.74, 6) is 2.50. The van der Waals surface area contributed by atoms with Gasteiger partial charge in [-0.05, 0) is 74.6 Å². The van der Waals surface area contributed by atoms with Gasteiger partial charge in [-0.1, -0.05) is 24.4 Å². The molecule has 0 saturated heterocycles. The Hall–Kier alpha value is -5.43. The molecule has 0 atom stereocenters. The van der Waals surface area contributed by atoms with Crippen molar-refractivity contribution in [1.82, 2.24) is 39.2 Å². The number of hydrogen-bond donors (Lipinski definition) is 3. The van der Waals surface area contributed by atoms with Gasteiger partial charge in [-0.3, -0.25) is 19.6 Å². The fraction of sp³-hybridized carbons (Fsp3) is 0.314. The van der Waals surface area contributed by atoms with E-state index >= 15 is 0 Å². The van der Waals surface area contributed by atoms with E-state index in [-0.39, 0.29) is 11.8 Å². The van der Waals surface area contributed by atoms with Gasteiger partial charge in [0.25, 0.3) is 11.8 Å². The first kappa shape index (κ1) is 30.9. The first-order chi connectivity index (χ1) is 24.0. The Morgan fingerprint density at radius 3 is 1.73 bits per heavy atom. The number of nitrogens with zero attached hydrogens (tertiary/aromatic N) is 8. The zero-order valence-electron chi connectivity index (χ0n) is 26.6. The molecule has 0 spiro atoms. The summed E-state index contributed by atoms with van der Waals surface area (Å²) in [6, 6.07) is 10.8. The maximum absolute atomic E-state index is 12.6. The van der Waals surface area contributed by atoms with Gasteiger partial charge in [-0.25, -0.2) is 9.97 Å². The molecular weight excluding hydrogens is 642 g/mol. The number of rotatable bonds is 8. The van der Waals surface area contributed by atoms with Crippen molar-refractivity contribution in [2.45, 2.75) is 69.2 Å². The van der Waals surface area contributed by atoms with Crippen LogP contribution in [0.15, 0.2) is 73.6 Å². The van der Waals surface area contributed by atoms with E-state index in [0.29, 0.717) is 51.4 Å². The molecule has 3 aliphatic rings. The molecule has 2 amide bonds. The molecule has 9 rings (SSSR count). The molecule has 0 radical (unpaired) electrons. The molecule has 248 valence electrons. The second kappa shape index (κ2) is 13.2. The lowest BCUT2D eigenvalue weighted by Gasteiger charge is -2.15. The van der Waals surface area contributed by atoms with Crippen LogP contribution in [0.3, 0.4) is 0 Å². The number of halogens is 1. The summed E-state index contributed by atoms with van der Waals surface area (Å²) >= 11 is 6.09. The molecule has 3 fully saturated rings. The van der Waals surface area contributed by atoms with Crippen LogP contribution in [-0.2, 0) is 0 Å². The first-order valence-electron chi connectivity index (χ1n) is 16.6. The highest BCUT2D eigenvalue weighted by Crippen LogP contribution is 2.43. The fourth-order valence-corrected chi connectivity index (χ4v) is 6.38. The third kappa shape index (κ3) is 6.79. The Balaban J connectivity index is 0.000000145. The van der Waals surface area contributed by atoms with Crippen molar-refractivity contribution in [1.29, 1.82) is 0 Å². The van der Waals surface area contributed by atoms with E-state index in [4.69, 9.17) is 16.6 Å². The number of nitrogens with one attached hydrogen (secondary N) is 3. The minimum absolute atomic E-state index is 0.203. The van der Waals surface area contributed by atoms with Gasteiger partial charge < -0.3 is 16.0 Å². The molecule has 6 heterocycles. The largest absolute Gasteiger partial charge is 0.367 e. The highest BCUT2D eigenvalue weighted by atomic mass is 35.5. The number of carbonyl (C=O) groups excluding carboxylic acids is 2. The van der Waals surface area contributed by atoms with E-state index in [0.717, 1.165) is 29.9 Å². The van der Waals surface area contributed by atoms with E-state index in [1.165, 1.54) is 50.3 Å². The average molecular weight is 676 g/mol. The standard InChI is InChI=1S/C20H22N6O.C15H12ClN5O/c27-20(14-4-3-9-21-11-14)25-18-10-17(23-15-5-1-2-6-15)24-19-16(13-7-8-13)12-22-26(18)19;16-12-6-13(20-15(22)10-2-1-5-17-7-10)21-14(19-12)11(8-18-21)9-3-4-9/h3-4,9-13,15H,1-2,5-8H2,(H,23,24)(H,25,27);1-2,5-9H,3-4H2,(H,20,22). The van der Waals surface area contributed by atoms with E-state index in [2.05, 4.69) is 41.1 Å². The lowest BCUT2D eigenvalue weighted by atomic mass is 10.2. The number of hydrogen-bond acceptors (Lipinski definition) is 9. The minimum Gasteiger partial charge on any atom is -0.367 e. The molecule has 3 N–H and O–H groups in total. The molecule has 6 aromatic rings. The number of anilines is 3. The number of carbonyl (C=O) groups is 2. The summed E-state index contributed by atoms with van der Waals surface area (Å²) in [6.07, 6.45) is 19.5. The van der Waals surface area contributed by atoms with Crippen LogP contribution in [0.5, 0.6) is 0 Å². The predicted molar refractivity (Wildman–Crippen MR) is 185 cm³/mol. The lowest BCUT2D eigenvalue weighted by Crippen LogP contribution is -2.19. The third-order valence-electron chi connectivity index (χ3n) is 9.04. The Morgan fingerprint density at radius 1 is 0.694 bits per heavy atom. The summed E-state index contributed by atoms with van der Waals surface area (Å²) in [7, 11) is 0. The highest BCUT2D eigenvalue weighted by molar-refractivity contribution is 6.29. The highest BCUT2D eigenvalue weighted by Gasteiger charge is 2.30. The van der Waals surface area contributed by atoms with E-state index in [1.807, 2.05) is 12.3 Å². The van der Waals surface area contributed by atoms with Gasteiger partial charge in [0.05, 0.1) is 23.5 Å². The van der Waals surface area contributed by atoms with Crippen LogP contribution in [0.1, 0.15) is 95.0 Å². The van der Waals surface area contributed by atoms with E-state index in [9.17, 15) is 9.59 Å². The molecule has 49 heavy (non-hydrogen) atoms. The van der Waals surface area contributed by atoms with Crippen molar-refractivity contribution in [3.05, 3.63) is 101 Å². The number of pyridine rings is 2. The van der Waals surface area contributed by atoms with Crippen LogP contribution >= 0.6 is 11.6 Å². The molecule has 3 saturated carbocycles. The zero-order valence-corrected chi connectivity index (χ0v) is 27.3. The monoisotopic (exact) mass is 675 g/mol. The SMILES string of the molecule is O=C(Nc1cc(Cl)nc2c(C3CC3)cnn12)c1cccnc1.O=C(Nc1cc(NC2CCCC2)nc2c(C3CC3)cnn12)c1cccnc1. The van der Waals surface area contributed by atoms with E-state index in [1.54, 1.807) is 64.2 Å². The van der Waals surface area contributed by atoms with Gasteiger partial charge >= 0.3 is 0 Å². The molecule has 6 aromatic heterocycles. The zero-order chi connectivity index (χ0) is 33.3. The normalized spacial score (nSPS) is 15.9. The molecule has 0 unspecified atom stereocenters. The summed E-state index contributed by atoms with van der Waals surface area (Å²) in [4.78, 5) is 42.0. The van der Waals surface area contributed by atoms with Gasteiger partial charge in [0.15, 0.2) is 11.3 Å². The van der Waals surface area contributed by atoms with Gasteiger partial charge in [0.1, 0.15) is 22.6 Å². The van der Waals surface area contributed by atoms with Crippen molar-refractivity contribution in [3.8, 4) is 0 Å². The molecule has 0 bridgehead atoms. The van der Waals surface area contributed by atoms with Crippen LogP contribution < -0.4 is 16.0 Å². The number of amides is 2. The van der Waals surface area contributed by atoms with Gasteiger partial charge in [-0.15, -0.1) is 0 Å². The smallest absolute Gasteiger partial charge is 0.258 e. The molecular formula is C35H34ClN11O2. The van der Waals surface area contributed by atoms with Crippen LogP contribution in [0.4, 0.5) is 17.5 Å². The van der Waals surface area contributed by atoms with Crippen molar-refractivity contribution >= 4 is 52.2 Å². The predicted octanol–water partition coefficient (Wildman–Crippen LogP) is 6.52. The van der Waals surface area contributed by atoms with Crippen LogP contribution in [0.25, 0.3) is 11.3 Å². The first-order valence-corrected chi connectivity index (χ1v) is 17.0. The Labute approximate surface area is 286 Å². The van der Waals surface area contributed by atoms with Crippen molar-refractivity contribution in [2.75, 3.05) is 16.0 Å². The summed E-state index contributed by atoms with van der Waals surface area (Å²) < 4.78 is 3.36. The van der Waals surface area contributed by atoms with Crippen LogP contribution in [-0.4, -0.2) is 57.0 Å². The molecule has 13 nitrogen and oxygen atoms in total. The van der Waals surface area contributed by atoms with E-state index < -0.39 is 0 Å². The number of fused-ring (bicyclic) bond motifs is 2. The van der Waals surface area contributed by atoms with Gasteiger partial charge in [-0.2, -0.15) is 19.2 Å². The topological polar surface area (TPSA) is 156 Å². The minimum atomic E-state index is -0.264. The van der Waals surface area contributed by atoms with Crippen molar-refractivity contribution < 1.29 is 9.59 Å². The summed E-state index contributed by atoms with van der Waals surface area (Å²) in [6.45, 7) is 0. The average Bonchev–Trinajstić information content (AvgIpc) is 4.01. The van der Waals surface area contributed by atoms with Crippen molar-refractivity contribution in [3.63, 3.8) is 0 Å². The van der Waals surface area contributed by atoms with Crippen LogP contribution in [0, 0.1) is 0 Å². The number of aromatic nitrogens is 8. The third-order valence-corrected chi connectivity index (χ3v) is 9.23. The summed E-state index contributed by atoms with van der Waals surface area (Å²) in [5.41, 5.74) is 4.78. The molecule has 0 aliphatic heterocycles. The molecule has 0 aromatic carbocycles. The Morgan fingerprint density at radius 2 is 1.22 bits per heavy atom. The maximum Gasteiger partial charge on any atom is 0.258 e. The maximum atomic E-state index is 12.6. The molecule has 3 aliphatic carbocycles. The fourth-order valence-electron chi connectivity index (χ4n) is 6.20. The second-order valence-corrected chi connectivity index (χ2v) is 13.1. The quantitative estimate of drug-likeness (QED) is 0.153. The summed E-state index contributed by atoms with van der Waals surface area (Å²) in [5, 5.41) is 18.5.